The fourth-order valence-corrected chi connectivity index (χ4v) is 12.6. The largest absolute Gasteiger partial charge is 0.480 e. The van der Waals surface area contributed by atoms with Crippen molar-refractivity contribution < 1.29 is 69.5 Å². The van der Waals surface area contributed by atoms with Crippen molar-refractivity contribution in [3.05, 3.63) is 53.5 Å². The summed E-state index contributed by atoms with van der Waals surface area (Å²) < 4.78 is 34.3. The zero-order valence-electron chi connectivity index (χ0n) is 63.4. The van der Waals surface area contributed by atoms with Gasteiger partial charge in [0.1, 0.15) is 19.0 Å². The summed E-state index contributed by atoms with van der Waals surface area (Å²) in [7, 11) is 9.42. The first-order valence-electron chi connectivity index (χ1n) is 35.8. The molecular formula is C69H106N12O13S6. The normalized spacial score (nSPS) is 11.9. The van der Waals surface area contributed by atoms with Crippen molar-refractivity contribution in [3.8, 4) is 0 Å². The lowest BCUT2D eigenvalue weighted by Gasteiger charge is -2.13. The molecular weight excluding hydrogens is 1400 g/mol. The van der Waals surface area contributed by atoms with Crippen LogP contribution in [0.5, 0.6) is 0 Å². The standard InChI is InChI=1S/C19H29N3O6S2.C18H26N4O2S2.C14H25NO2S2.C12H15N3O2.C6H11NO/c1-3-14(23)10-21-12-15(24)6-5-9-29-30-13-18(26)22-17(19(27)28)8-7-16(25)11-20-4-2;1-3-10-21-22-18-8-7-15(13-20-18)17(24)6-5-11-25-26-12-9-16(23)14-19-4-2;1-3-5-7-13(16)8-6-10-18-19-11-9-14(17)12-15-4-2;1-2-5-14-12(17)10-3-4-11(15-8-10)9-13-6-7-16;1-3-6(8)5-7-4-2/h4,12,17H,3,5-11,13H2,1-2H3,(H,22,26)(H,27,28);4,7-8,10,13H,3,5-6,9,11-12,14H2,1-2H3,(H,20,22);4H,3,5-12H2,1-2H3;3-4,6-8H,2,5,9H2,1H3,(H,14,17);4H,3,5H2,1-2H3/b;19-4?,21-10+;;;/i3*1T;7T;1T. The number of rotatable bonds is 54. The Bertz CT molecular complexity index is 3020. The molecule has 31 heteroatoms. The quantitative estimate of drug-likeness (QED) is 0.0119. The number of aliphatic imine (C=N–C) groups is 6. The van der Waals surface area contributed by atoms with Crippen LogP contribution in [-0.4, -0.2) is 209 Å². The Hall–Kier alpha value is -6.67. The van der Waals surface area contributed by atoms with Gasteiger partial charge in [-0.2, -0.15) is 5.10 Å². The number of unbranched alkanes of at least 4 members (excludes halogenated alkanes) is 1. The van der Waals surface area contributed by atoms with Gasteiger partial charge in [-0.15, -0.1) is 0 Å². The van der Waals surface area contributed by atoms with Crippen LogP contribution in [0.2, 0.25) is 0 Å². The molecule has 0 saturated carbocycles. The number of amides is 2. The molecule has 0 aliphatic rings. The highest BCUT2D eigenvalue weighted by atomic mass is 33.1. The summed E-state index contributed by atoms with van der Waals surface area (Å²) >= 11 is 0. The molecule has 0 aromatic carbocycles. The zero-order valence-corrected chi connectivity index (χ0v) is 63.3. The number of aliphatic carboxylic acids is 1. The molecule has 0 radical (unpaired) electrons. The molecule has 1 atom stereocenters. The number of nitrogens with one attached hydrogen (secondary N) is 3. The summed E-state index contributed by atoms with van der Waals surface area (Å²) in [6, 6.07) is 5.66. The smallest absolute Gasteiger partial charge is 0.326 e. The number of pyridine rings is 2. The number of carboxylic acids is 1. The van der Waals surface area contributed by atoms with Crippen molar-refractivity contribution in [1.29, 1.82) is 0 Å². The molecule has 556 valence electrons. The number of hydrazone groups is 1. The summed E-state index contributed by atoms with van der Waals surface area (Å²) in [4.78, 5) is 167. The third kappa shape index (κ3) is 64.7. The van der Waals surface area contributed by atoms with Crippen LogP contribution in [0.25, 0.3) is 0 Å². The summed E-state index contributed by atoms with van der Waals surface area (Å²) in [5.74, 6) is 3.09. The maximum absolute atomic E-state index is 12.1. The Morgan fingerprint density at radius 1 is 0.570 bits per heavy atom. The average molecular weight is 1510 g/mol. The molecule has 0 saturated heterocycles. The van der Waals surface area contributed by atoms with Gasteiger partial charge in [-0.3, -0.25) is 93.1 Å². The monoisotopic (exact) mass is 1510 g/mol. The van der Waals surface area contributed by atoms with Crippen LogP contribution >= 0.6 is 64.8 Å². The van der Waals surface area contributed by atoms with E-state index in [1.54, 1.807) is 119 Å². The number of hydrogen-bond acceptors (Lipinski definition) is 28. The number of nitrogens with zero attached hydrogens (tertiary/aromatic N) is 9. The minimum absolute atomic E-state index is 0.00174. The highest BCUT2D eigenvalue weighted by molar-refractivity contribution is 8.77. The van der Waals surface area contributed by atoms with E-state index in [4.69, 9.17) is 6.85 Å². The van der Waals surface area contributed by atoms with Crippen LogP contribution in [-0.2, 0) is 54.5 Å². The molecule has 4 N–H and O–H groups in total. The van der Waals surface area contributed by atoms with Gasteiger partial charge in [0.05, 0.1) is 68.7 Å². The highest BCUT2D eigenvalue weighted by Gasteiger charge is 2.21. The molecule has 1 unspecified atom stereocenters. The maximum Gasteiger partial charge on any atom is 0.326 e. The van der Waals surface area contributed by atoms with Gasteiger partial charge in [0.15, 0.2) is 46.7 Å². The summed E-state index contributed by atoms with van der Waals surface area (Å²) in [6.45, 7) is 11.6. The van der Waals surface area contributed by atoms with E-state index in [-0.39, 0.29) is 124 Å². The van der Waals surface area contributed by atoms with Gasteiger partial charge in [0.2, 0.25) is 5.91 Å². The van der Waals surface area contributed by atoms with Crippen LogP contribution in [0.1, 0.15) is 205 Å². The summed E-state index contributed by atoms with van der Waals surface area (Å²) in [5, 5.41) is 18.3. The second-order valence-corrected chi connectivity index (χ2v) is 28.1. The second-order valence-electron chi connectivity index (χ2n) is 20.1. The number of carbonyl (C=O) groups is 12. The molecule has 0 aliphatic heterocycles. The van der Waals surface area contributed by atoms with E-state index < -0.39 is 24.2 Å². The lowest BCUT2D eigenvalue weighted by Crippen LogP contribution is -2.41. The van der Waals surface area contributed by atoms with E-state index in [0.717, 1.165) is 67.5 Å². The number of aldehydes is 1. The predicted molar refractivity (Wildman–Crippen MR) is 421 cm³/mol. The molecule has 2 aromatic heterocycles. The van der Waals surface area contributed by atoms with Crippen LogP contribution in [0, 0.1) is 0 Å². The van der Waals surface area contributed by atoms with Crippen LogP contribution in [0.3, 0.4) is 0 Å². The Kier molecular flexibility index (Phi) is 63.1. The number of carbonyl (C=O) groups excluding carboxylic acids is 11. The van der Waals surface area contributed by atoms with Gasteiger partial charge in [-0.1, -0.05) is 106 Å². The molecule has 2 rings (SSSR count). The van der Waals surface area contributed by atoms with Crippen molar-refractivity contribution in [2.75, 3.05) is 79.2 Å². The van der Waals surface area contributed by atoms with Gasteiger partial charge in [-0.25, -0.2) is 9.78 Å². The van der Waals surface area contributed by atoms with Gasteiger partial charge in [0.25, 0.3) is 5.91 Å². The minimum Gasteiger partial charge on any atom is -0.480 e. The molecule has 25 nitrogen and oxygen atoms in total. The summed E-state index contributed by atoms with van der Waals surface area (Å²) in [5.41, 5.74) is 4.49. The average Bonchev–Trinajstić information content (AvgIpc) is 0.905. The molecule has 0 aliphatic carbocycles. The van der Waals surface area contributed by atoms with E-state index >= 15 is 0 Å². The topological polar surface area (TPSA) is 373 Å². The third-order valence-corrected chi connectivity index (χ3v) is 19.1. The maximum atomic E-state index is 12.1. The number of carboxylic acid groups (broad SMARTS) is 1. The van der Waals surface area contributed by atoms with Crippen LogP contribution in [0.15, 0.2) is 71.7 Å². The molecule has 2 aromatic rings. The number of anilines is 1. The van der Waals surface area contributed by atoms with Crippen molar-refractivity contribution in [2.45, 2.75) is 184 Å². The van der Waals surface area contributed by atoms with Crippen LogP contribution in [0.4, 0.5) is 5.82 Å². The van der Waals surface area contributed by atoms with Gasteiger partial charge < -0.3 is 15.7 Å². The Morgan fingerprint density at radius 2 is 1.11 bits per heavy atom. The van der Waals surface area contributed by atoms with E-state index in [1.165, 1.54) is 34.0 Å². The first-order chi connectivity index (χ1) is 50.6. The zero-order chi connectivity index (χ0) is 78.8. The lowest BCUT2D eigenvalue weighted by atomic mass is 10.1. The SMILES string of the molecule is [3H]C(=O)C=NCc1ccc(C(=O)NCCC)cn1.[3H]CC/C=N/Nc1ccc(C(=O)CCCSSCCC(=O)CN=CC)cn1.[3H]CCC(=O)CN=CC.[3H]CCC(=O)CN=CC(=O)CCCSSCC(=O)NC(CCC(=O)CN=CC)C(=O)O.[3H]CCCCC(=O)CCCSSCCC(=O)CN=CC. The number of aromatic nitrogens is 2. The number of Topliss-reactive ketones (excluding diaryl/α,β-unsaturated/α-hetero) is 8. The summed E-state index contributed by atoms with van der Waals surface area (Å²) in [6.07, 6.45) is 21.3. The fourth-order valence-electron chi connectivity index (χ4n) is 6.47. The van der Waals surface area contributed by atoms with Crippen LogP contribution < -0.4 is 16.1 Å². The molecule has 100 heavy (non-hydrogen) atoms. The molecule has 2 heterocycles. The van der Waals surface area contributed by atoms with Gasteiger partial charge in [0, 0.05) is 123 Å². The Balaban J connectivity index is -0.00000129. The molecule has 0 fully saturated rings. The van der Waals surface area contributed by atoms with Gasteiger partial charge in [-0.05, 0) is 122 Å². The number of hydrogen-bond donors (Lipinski definition) is 4. The second kappa shape index (κ2) is 72.1. The van der Waals surface area contributed by atoms with Crippen molar-refractivity contribution in [1.82, 2.24) is 20.6 Å². The molecule has 2 amide bonds. The van der Waals surface area contributed by atoms with E-state index in [0.29, 0.717) is 112 Å². The third-order valence-electron chi connectivity index (χ3n) is 11.8. The lowest BCUT2D eigenvalue weighted by molar-refractivity contribution is -0.141. The first kappa shape index (κ1) is 87.5. The highest BCUT2D eigenvalue weighted by Crippen LogP contribution is 2.25. The molecule has 0 bridgehead atoms. The van der Waals surface area contributed by atoms with E-state index in [9.17, 15) is 62.6 Å². The minimum atomic E-state index is -1.20. The van der Waals surface area contributed by atoms with E-state index in [1.807, 2.05) is 13.8 Å². The first-order valence-corrected chi connectivity index (χ1v) is 39.9. The van der Waals surface area contributed by atoms with Crippen molar-refractivity contribution >= 4 is 184 Å². The molecule has 0 spiro atoms. The van der Waals surface area contributed by atoms with E-state index in [2.05, 4.69) is 61.1 Å². The number of ketones is 8. The predicted octanol–water partition coefficient (Wildman–Crippen LogP) is 12.1. The van der Waals surface area contributed by atoms with Crippen molar-refractivity contribution in [3.63, 3.8) is 0 Å². The Morgan fingerprint density at radius 3 is 1.64 bits per heavy atom. The Labute approximate surface area is 622 Å². The van der Waals surface area contributed by atoms with Crippen molar-refractivity contribution in [2.24, 2.45) is 35.1 Å². The fraction of sp³-hybridized carbons (Fsp3) is 0.580. The van der Waals surface area contributed by atoms with Gasteiger partial charge >= 0.3 is 5.97 Å².